The van der Waals surface area contributed by atoms with E-state index in [9.17, 15) is 4.79 Å². The molecule has 1 amide bonds. The van der Waals surface area contributed by atoms with Crippen molar-refractivity contribution in [2.45, 2.75) is 6.92 Å². The first-order valence-corrected chi connectivity index (χ1v) is 7.72. The summed E-state index contributed by atoms with van der Waals surface area (Å²) in [6.07, 6.45) is 1.68. The van der Waals surface area contributed by atoms with Crippen molar-refractivity contribution in [2.75, 3.05) is 12.4 Å². The monoisotopic (exact) mass is 436 g/mol. The van der Waals surface area contributed by atoms with Crippen LogP contribution in [-0.2, 0) is 0 Å². The van der Waals surface area contributed by atoms with Gasteiger partial charge in [0.15, 0.2) is 5.75 Å². The summed E-state index contributed by atoms with van der Waals surface area (Å²) in [7, 11) is 1.46. The summed E-state index contributed by atoms with van der Waals surface area (Å²) in [6.45, 7) is 1.87. The number of halogens is 3. The highest BCUT2D eigenvalue weighted by molar-refractivity contribution is 14.1. The molecule has 110 valence electrons. The summed E-state index contributed by atoms with van der Waals surface area (Å²) >= 11 is 14.2. The Morgan fingerprint density at radius 1 is 1.29 bits per heavy atom. The molecule has 0 bridgehead atoms. The predicted octanol–water partition coefficient (Wildman–Crippen LogP) is 4.56. The third kappa shape index (κ3) is 3.78. The number of hydrogen-bond acceptors (Lipinski definition) is 3. The van der Waals surface area contributed by atoms with Gasteiger partial charge in [-0.15, -0.1) is 0 Å². The van der Waals surface area contributed by atoms with Gasteiger partial charge in [0.2, 0.25) is 0 Å². The van der Waals surface area contributed by atoms with E-state index in [2.05, 4.69) is 32.9 Å². The number of nitrogens with one attached hydrogen (secondary N) is 1. The fourth-order valence-electron chi connectivity index (χ4n) is 1.74. The SMILES string of the molecule is COc1c(Cl)cc(C(=O)Nc2ncc(I)cc2C)cc1Cl. The van der Waals surface area contributed by atoms with Crippen LogP contribution in [-0.4, -0.2) is 18.0 Å². The average Bonchev–Trinajstić information content (AvgIpc) is 2.41. The molecular weight excluding hydrogens is 426 g/mol. The molecule has 0 atom stereocenters. The third-order valence-corrected chi connectivity index (χ3v) is 3.89. The first-order valence-electron chi connectivity index (χ1n) is 5.89. The molecule has 0 radical (unpaired) electrons. The molecule has 1 N–H and O–H groups in total. The summed E-state index contributed by atoms with van der Waals surface area (Å²) in [5.74, 6) is 0.514. The van der Waals surface area contributed by atoms with Crippen LogP contribution >= 0.6 is 45.8 Å². The van der Waals surface area contributed by atoms with Crippen LogP contribution in [0.2, 0.25) is 10.0 Å². The minimum Gasteiger partial charge on any atom is -0.494 e. The van der Waals surface area contributed by atoms with Crippen LogP contribution in [0.15, 0.2) is 24.4 Å². The minimum absolute atomic E-state index is 0.280. The van der Waals surface area contributed by atoms with E-state index in [0.29, 0.717) is 17.1 Å². The number of anilines is 1. The molecule has 4 nitrogen and oxygen atoms in total. The van der Waals surface area contributed by atoms with Gasteiger partial charge in [-0.1, -0.05) is 23.2 Å². The molecule has 0 fully saturated rings. The van der Waals surface area contributed by atoms with E-state index in [1.165, 1.54) is 19.2 Å². The molecule has 0 aliphatic carbocycles. The van der Waals surface area contributed by atoms with E-state index in [-0.39, 0.29) is 16.0 Å². The Morgan fingerprint density at radius 3 is 2.43 bits per heavy atom. The van der Waals surface area contributed by atoms with E-state index in [1.807, 2.05) is 13.0 Å². The van der Waals surface area contributed by atoms with Crippen molar-refractivity contribution in [3.63, 3.8) is 0 Å². The smallest absolute Gasteiger partial charge is 0.256 e. The maximum absolute atomic E-state index is 12.2. The molecule has 0 spiro atoms. The Balaban J connectivity index is 2.28. The summed E-state index contributed by atoms with van der Waals surface area (Å²) < 4.78 is 6.05. The molecule has 0 aliphatic heterocycles. The molecule has 0 saturated carbocycles. The van der Waals surface area contributed by atoms with Gasteiger partial charge in [0.1, 0.15) is 5.82 Å². The highest BCUT2D eigenvalue weighted by Crippen LogP contribution is 2.34. The fraction of sp³-hybridized carbons (Fsp3) is 0.143. The lowest BCUT2D eigenvalue weighted by molar-refractivity contribution is 0.102. The zero-order chi connectivity index (χ0) is 15.6. The fourth-order valence-corrected chi connectivity index (χ4v) is 2.98. The topological polar surface area (TPSA) is 51.2 Å². The molecule has 0 aliphatic rings. The summed E-state index contributed by atoms with van der Waals surface area (Å²) in [4.78, 5) is 16.4. The Morgan fingerprint density at radius 2 is 1.90 bits per heavy atom. The molecule has 21 heavy (non-hydrogen) atoms. The minimum atomic E-state index is -0.335. The first kappa shape index (κ1) is 16.3. The number of rotatable bonds is 3. The van der Waals surface area contributed by atoms with Crippen LogP contribution in [0.4, 0.5) is 5.82 Å². The number of aryl methyl sites for hydroxylation is 1. The molecule has 2 aromatic rings. The number of hydrogen-bond donors (Lipinski definition) is 1. The van der Waals surface area contributed by atoms with Gasteiger partial charge < -0.3 is 10.1 Å². The second-order valence-electron chi connectivity index (χ2n) is 4.25. The Labute approximate surface area is 145 Å². The highest BCUT2D eigenvalue weighted by Gasteiger charge is 2.14. The lowest BCUT2D eigenvalue weighted by Crippen LogP contribution is -2.14. The molecule has 0 unspecified atom stereocenters. The number of methoxy groups -OCH3 is 1. The molecule has 0 saturated heterocycles. The van der Waals surface area contributed by atoms with Gasteiger partial charge in [-0.3, -0.25) is 4.79 Å². The molecule has 1 aromatic heterocycles. The van der Waals surface area contributed by atoms with Gasteiger partial charge in [0, 0.05) is 15.3 Å². The van der Waals surface area contributed by atoms with Crippen molar-refractivity contribution < 1.29 is 9.53 Å². The molecular formula is C14H11Cl2IN2O2. The van der Waals surface area contributed by atoms with Crippen LogP contribution in [0.3, 0.4) is 0 Å². The van der Waals surface area contributed by atoms with Crippen molar-refractivity contribution in [3.05, 3.63) is 49.1 Å². The number of amides is 1. The Bertz CT molecular complexity index is 684. The van der Waals surface area contributed by atoms with Gasteiger partial charge in [-0.25, -0.2) is 4.98 Å². The van der Waals surface area contributed by atoms with Gasteiger partial charge in [0.05, 0.1) is 17.2 Å². The normalized spacial score (nSPS) is 10.3. The van der Waals surface area contributed by atoms with Crippen molar-refractivity contribution in [1.29, 1.82) is 0 Å². The van der Waals surface area contributed by atoms with E-state index >= 15 is 0 Å². The Kier molecular flexibility index (Phi) is 5.29. The molecule has 2 rings (SSSR count). The molecule has 1 heterocycles. The number of carbonyl (C=O) groups excluding carboxylic acids is 1. The van der Waals surface area contributed by atoms with Crippen molar-refractivity contribution in [1.82, 2.24) is 4.98 Å². The van der Waals surface area contributed by atoms with E-state index in [4.69, 9.17) is 27.9 Å². The molecule has 1 aromatic carbocycles. The number of benzene rings is 1. The standard InChI is InChI=1S/C14H11Cl2IN2O2/c1-7-3-9(17)6-18-13(7)19-14(20)8-4-10(15)12(21-2)11(16)5-8/h3-6H,1-2H3,(H,18,19,20). The van der Waals surface area contributed by atoms with Crippen LogP contribution in [0.1, 0.15) is 15.9 Å². The number of nitrogens with zero attached hydrogens (tertiary/aromatic N) is 1. The predicted molar refractivity (Wildman–Crippen MR) is 92.7 cm³/mol. The van der Waals surface area contributed by atoms with Crippen LogP contribution in [0.5, 0.6) is 5.75 Å². The Hall–Kier alpha value is -1.05. The average molecular weight is 437 g/mol. The zero-order valence-corrected chi connectivity index (χ0v) is 14.9. The van der Waals surface area contributed by atoms with E-state index < -0.39 is 0 Å². The van der Waals surface area contributed by atoms with E-state index in [0.717, 1.165) is 9.13 Å². The first-order chi connectivity index (χ1) is 9.92. The lowest BCUT2D eigenvalue weighted by Gasteiger charge is -2.10. The van der Waals surface area contributed by atoms with Gasteiger partial charge in [-0.05, 0) is 53.3 Å². The van der Waals surface area contributed by atoms with Crippen molar-refractivity contribution in [3.8, 4) is 5.75 Å². The maximum Gasteiger partial charge on any atom is 0.256 e. The van der Waals surface area contributed by atoms with Crippen LogP contribution in [0.25, 0.3) is 0 Å². The number of carbonyl (C=O) groups is 1. The maximum atomic E-state index is 12.2. The zero-order valence-electron chi connectivity index (χ0n) is 11.2. The second-order valence-corrected chi connectivity index (χ2v) is 6.31. The van der Waals surface area contributed by atoms with Gasteiger partial charge in [0.25, 0.3) is 5.91 Å². The highest BCUT2D eigenvalue weighted by atomic mass is 127. The second kappa shape index (κ2) is 6.81. The summed E-state index contributed by atoms with van der Waals surface area (Å²) in [5, 5.41) is 3.29. The van der Waals surface area contributed by atoms with E-state index in [1.54, 1.807) is 6.20 Å². The van der Waals surface area contributed by atoms with Gasteiger partial charge in [-0.2, -0.15) is 0 Å². The van der Waals surface area contributed by atoms with Crippen molar-refractivity contribution >= 4 is 57.5 Å². The van der Waals surface area contributed by atoms with Crippen molar-refractivity contribution in [2.24, 2.45) is 0 Å². The lowest BCUT2D eigenvalue weighted by atomic mass is 10.2. The van der Waals surface area contributed by atoms with Crippen LogP contribution < -0.4 is 10.1 Å². The molecule has 7 heteroatoms. The largest absolute Gasteiger partial charge is 0.494 e. The number of pyridine rings is 1. The summed E-state index contributed by atoms with van der Waals surface area (Å²) in [6, 6.07) is 4.93. The summed E-state index contributed by atoms with van der Waals surface area (Å²) in [5.41, 5.74) is 1.21. The van der Waals surface area contributed by atoms with Gasteiger partial charge >= 0.3 is 0 Å². The number of aromatic nitrogens is 1. The quantitative estimate of drug-likeness (QED) is 0.717. The van der Waals surface area contributed by atoms with Crippen LogP contribution in [0, 0.1) is 10.5 Å². The number of ether oxygens (including phenoxy) is 1. The third-order valence-electron chi connectivity index (χ3n) is 2.74.